The number of aromatic nitrogens is 2. The first kappa shape index (κ1) is 16.6. The van der Waals surface area contributed by atoms with Crippen LogP contribution in [0.5, 0.6) is 0 Å². The first-order chi connectivity index (χ1) is 9.07. The van der Waals surface area contributed by atoms with Crippen LogP contribution in [0.15, 0.2) is 17.3 Å². The molecule has 0 spiro atoms. The van der Waals surface area contributed by atoms with Gasteiger partial charge in [0.05, 0.1) is 12.2 Å². The van der Waals surface area contributed by atoms with Crippen molar-refractivity contribution < 1.29 is 13.2 Å². The predicted molar refractivity (Wildman–Crippen MR) is 74.3 cm³/mol. The zero-order valence-electron chi connectivity index (χ0n) is 12.0. The number of aryl methyl sites for hydroxylation is 1. The van der Waals surface area contributed by atoms with Gasteiger partial charge in [-0.2, -0.15) is 9.82 Å². The summed E-state index contributed by atoms with van der Waals surface area (Å²) in [6.07, 6.45) is 2.58. The Kier molecular flexibility index (Phi) is 4.90. The molecule has 8 nitrogen and oxygen atoms in total. The number of carbonyl (C=O) groups excluding carboxylic acids is 1. The standard InChI is InChI=1S/C11H21N5O3S/c1-8(10(17)14-11(2,3)7-12)15-20(18,19)9-5-13-16(4)6-9/h5-6,8,15H,7,12H2,1-4H3,(H,14,17). The van der Waals surface area contributed by atoms with Gasteiger partial charge in [0.1, 0.15) is 4.90 Å². The van der Waals surface area contributed by atoms with Crippen LogP contribution in [-0.4, -0.2) is 42.2 Å². The molecule has 1 aromatic heterocycles. The summed E-state index contributed by atoms with van der Waals surface area (Å²) in [5, 5.41) is 6.46. The quantitative estimate of drug-likeness (QED) is 0.619. The summed E-state index contributed by atoms with van der Waals surface area (Å²) in [4.78, 5) is 11.9. The van der Waals surface area contributed by atoms with Crippen molar-refractivity contribution >= 4 is 15.9 Å². The number of hydrogen-bond acceptors (Lipinski definition) is 5. The third kappa shape index (κ3) is 4.29. The van der Waals surface area contributed by atoms with Crippen molar-refractivity contribution in [1.29, 1.82) is 0 Å². The molecule has 0 radical (unpaired) electrons. The Bertz CT molecular complexity index is 579. The molecule has 20 heavy (non-hydrogen) atoms. The number of rotatable bonds is 6. The minimum atomic E-state index is -3.77. The van der Waals surface area contributed by atoms with Crippen LogP contribution in [0.1, 0.15) is 20.8 Å². The van der Waals surface area contributed by atoms with E-state index in [1.807, 2.05) is 0 Å². The van der Waals surface area contributed by atoms with E-state index < -0.39 is 27.5 Å². The van der Waals surface area contributed by atoms with Crippen LogP contribution in [0, 0.1) is 0 Å². The molecule has 0 aromatic carbocycles. The van der Waals surface area contributed by atoms with E-state index in [2.05, 4.69) is 15.1 Å². The second-order valence-electron chi connectivity index (χ2n) is 5.27. The number of sulfonamides is 1. The van der Waals surface area contributed by atoms with E-state index >= 15 is 0 Å². The van der Waals surface area contributed by atoms with E-state index in [0.717, 1.165) is 0 Å². The van der Waals surface area contributed by atoms with Crippen molar-refractivity contribution in [3.8, 4) is 0 Å². The molecule has 1 heterocycles. The molecule has 0 aliphatic heterocycles. The molecule has 9 heteroatoms. The van der Waals surface area contributed by atoms with Crippen LogP contribution < -0.4 is 15.8 Å². The summed E-state index contributed by atoms with van der Waals surface area (Å²) in [6, 6.07) is -0.911. The lowest BCUT2D eigenvalue weighted by atomic mass is 10.1. The van der Waals surface area contributed by atoms with Gasteiger partial charge in [-0.15, -0.1) is 0 Å². The Balaban J connectivity index is 2.75. The van der Waals surface area contributed by atoms with Gasteiger partial charge in [0.15, 0.2) is 0 Å². The predicted octanol–water partition coefficient (Wildman–Crippen LogP) is -1.06. The smallest absolute Gasteiger partial charge is 0.244 e. The van der Waals surface area contributed by atoms with Gasteiger partial charge in [0.25, 0.3) is 0 Å². The van der Waals surface area contributed by atoms with E-state index in [1.165, 1.54) is 24.0 Å². The Morgan fingerprint density at radius 2 is 2.15 bits per heavy atom. The van der Waals surface area contributed by atoms with E-state index in [9.17, 15) is 13.2 Å². The van der Waals surface area contributed by atoms with Gasteiger partial charge in [-0.1, -0.05) is 0 Å². The largest absolute Gasteiger partial charge is 0.349 e. The Morgan fingerprint density at radius 1 is 1.55 bits per heavy atom. The van der Waals surface area contributed by atoms with Crippen LogP contribution in [0.4, 0.5) is 0 Å². The number of nitrogens with zero attached hydrogens (tertiary/aromatic N) is 2. The van der Waals surface area contributed by atoms with Crippen LogP contribution in [-0.2, 0) is 21.9 Å². The SMILES string of the molecule is CC(NS(=O)(=O)c1cnn(C)c1)C(=O)NC(C)(C)CN. The van der Waals surface area contributed by atoms with Crippen LogP contribution in [0.2, 0.25) is 0 Å². The molecule has 0 bridgehead atoms. The zero-order chi connectivity index (χ0) is 15.6. The molecular formula is C11H21N5O3S. The highest BCUT2D eigenvalue weighted by molar-refractivity contribution is 7.89. The maximum Gasteiger partial charge on any atom is 0.244 e. The molecule has 1 rings (SSSR count). The van der Waals surface area contributed by atoms with Crippen molar-refractivity contribution in [2.75, 3.05) is 6.54 Å². The van der Waals surface area contributed by atoms with E-state index in [1.54, 1.807) is 20.9 Å². The summed E-state index contributed by atoms with van der Waals surface area (Å²) in [5.74, 6) is -0.437. The molecule has 4 N–H and O–H groups in total. The molecule has 1 amide bonds. The number of nitrogens with two attached hydrogens (primary N) is 1. The first-order valence-corrected chi connectivity index (χ1v) is 7.59. The zero-order valence-corrected chi connectivity index (χ0v) is 12.9. The molecular weight excluding hydrogens is 282 g/mol. The van der Waals surface area contributed by atoms with Crippen LogP contribution in [0.3, 0.4) is 0 Å². The Hall–Kier alpha value is -1.45. The average Bonchev–Trinajstić information content (AvgIpc) is 2.75. The third-order valence-corrected chi connectivity index (χ3v) is 4.18. The van der Waals surface area contributed by atoms with Gasteiger partial charge < -0.3 is 11.1 Å². The lowest BCUT2D eigenvalue weighted by Gasteiger charge is -2.26. The second kappa shape index (κ2) is 5.90. The third-order valence-electron chi connectivity index (χ3n) is 2.69. The summed E-state index contributed by atoms with van der Waals surface area (Å²) in [5.41, 5.74) is 4.92. The summed E-state index contributed by atoms with van der Waals surface area (Å²) >= 11 is 0. The van der Waals surface area contributed by atoms with Gasteiger partial charge in [-0.25, -0.2) is 8.42 Å². The van der Waals surface area contributed by atoms with Crippen LogP contribution >= 0.6 is 0 Å². The second-order valence-corrected chi connectivity index (χ2v) is 6.98. The van der Waals surface area contributed by atoms with Crippen molar-refractivity contribution in [2.24, 2.45) is 12.8 Å². The Morgan fingerprint density at radius 3 is 2.60 bits per heavy atom. The van der Waals surface area contributed by atoms with Gasteiger partial charge >= 0.3 is 0 Å². The average molecular weight is 303 g/mol. The first-order valence-electron chi connectivity index (χ1n) is 6.10. The minimum Gasteiger partial charge on any atom is -0.349 e. The van der Waals surface area contributed by atoms with Crippen molar-refractivity contribution in [3.63, 3.8) is 0 Å². The van der Waals surface area contributed by atoms with Crippen molar-refractivity contribution in [1.82, 2.24) is 19.8 Å². The van der Waals surface area contributed by atoms with Gasteiger partial charge in [-0.3, -0.25) is 9.48 Å². The number of nitrogens with one attached hydrogen (secondary N) is 2. The Labute approximate surface area is 118 Å². The lowest BCUT2D eigenvalue weighted by Crippen LogP contribution is -2.54. The number of hydrogen-bond donors (Lipinski definition) is 3. The molecule has 0 aliphatic rings. The summed E-state index contributed by atoms with van der Waals surface area (Å²) in [7, 11) is -2.16. The fourth-order valence-electron chi connectivity index (χ4n) is 1.38. The van der Waals surface area contributed by atoms with Crippen molar-refractivity contribution in [2.45, 2.75) is 37.2 Å². The summed E-state index contributed by atoms with van der Waals surface area (Å²) in [6.45, 7) is 5.23. The molecule has 1 unspecified atom stereocenters. The fraction of sp³-hybridized carbons (Fsp3) is 0.636. The topological polar surface area (TPSA) is 119 Å². The monoisotopic (exact) mass is 303 g/mol. The minimum absolute atomic E-state index is 0.0118. The maximum absolute atomic E-state index is 12.0. The van der Waals surface area contributed by atoms with Crippen molar-refractivity contribution in [3.05, 3.63) is 12.4 Å². The summed E-state index contributed by atoms with van der Waals surface area (Å²) < 4.78 is 27.7. The highest BCUT2D eigenvalue weighted by Crippen LogP contribution is 2.07. The highest BCUT2D eigenvalue weighted by Gasteiger charge is 2.26. The molecule has 1 aromatic rings. The fourth-order valence-corrected chi connectivity index (χ4v) is 2.57. The molecule has 1 atom stereocenters. The number of carbonyl (C=O) groups is 1. The van der Waals surface area contributed by atoms with Gasteiger partial charge in [-0.05, 0) is 20.8 Å². The van der Waals surface area contributed by atoms with E-state index in [0.29, 0.717) is 0 Å². The van der Waals surface area contributed by atoms with Crippen LogP contribution in [0.25, 0.3) is 0 Å². The normalized spacial score (nSPS) is 14.1. The highest BCUT2D eigenvalue weighted by atomic mass is 32.2. The molecule has 0 aliphatic carbocycles. The molecule has 114 valence electrons. The van der Waals surface area contributed by atoms with E-state index in [-0.39, 0.29) is 11.4 Å². The lowest BCUT2D eigenvalue weighted by molar-refractivity contribution is -0.123. The number of amides is 1. The van der Waals surface area contributed by atoms with Gasteiger partial charge in [0, 0.05) is 25.3 Å². The molecule has 0 saturated carbocycles. The molecule has 0 saturated heterocycles. The van der Waals surface area contributed by atoms with E-state index in [4.69, 9.17) is 5.73 Å². The molecule has 0 fully saturated rings. The van der Waals surface area contributed by atoms with Gasteiger partial charge in [0.2, 0.25) is 15.9 Å². The maximum atomic E-state index is 12.0.